The van der Waals surface area contributed by atoms with Crippen molar-refractivity contribution in [3.8, 4) is 5.75 Å². The van der Waals surface area contributed by atoms with Crippen LogP contribution in [0.5, 0.6) is 5.75 Å². The molecule has 3 heterocycles. The number of benzene rings is 2. The van der Waals surface area contributed by atoms with Crippen molar-refractivity contribution in [1.82, 2.24) is 14.7 Å². The number of anilines is 1. The minimum absolute atomic E-state index is 0.000520. The second kappa shape index (κ2) is 10.3. The van der Waals surface area contributed by atoms with E-state index in [1.807, 2.05) is 29.3 Å². The number of nitrogens with zero attached hydrogens (tertiary/aromatic N) is 4. The van der Waals surface area contributed by atoms with E-state index in [-0.39, 0.29) is 10.8 Å². The molecule has 0 bridgehead atoms. The van der Waals surface area contributed by atoms with Gasteiger partial charge in [-0.1, -0.05) is 18.2 Å². The summed E-state index contributed by atoms with van der Waals surface area (Å²) in [5.74, 6) is 1.33. The fourth-order valence-corrected chi connectivity index (χ4v) is 6.98. The number of fused-ring (bicyclic) bond motifs is 1. The van der Waals surface area contributed by atoms with Crippen molar-refractivity contribution in [1.29, 1.82) is 0 Å². The Morgan fingerprint density at radius 2 is 1.83 bits per heavy atom. The number of aryl methyl sites for hydroxylation is 1. The molecule has 2 aliphatic heterocycles. The Kier molecular flexibility index (Phi) is 7.01. The zero-order valence-electron chi connectivity index (χ0n) is 19.4. The Morgan fingerprint density at radius 3 is 2.63 bits per heavy atom. The molecule has 5 rings (SSSR count). The van der Waals surface area contributed by atoms with Crippen LogP contribution >= 0.6 is 11.8 Å². The lowest BCUT2D eigenvalue weighted by molar-refractivity contribution is 0.0786. The summed E-state index contributed by atoms with van der Waals surface area (Å²) in [6, 6.07) is 15.9. The van der Waals surface area contributed by atoms with Crippen molar-refractivity contribution in [2.75, 3.05) is 36.3 Å². The summed E-state index contributed by atoms with van der Waals surface area (Å²) in [5, 5.41) is 4.42. The normalized spacial score (nSPS) is 15.8. The van der Waals surface area contributed by atoms with Crippen LogP contribution in [0.3, 0.4) is 0 Å². The number of hydrogen-bond donors (Lipinski definition) is 0. The molecule has 2 aliphatic rings. The Balaban J connectivity index is 1.20. The van der Waals surface area contributed by atoms with Crippen LogP contribution in [0, 0.1) is 0 Å². The number of carbonyl (C=O) groups excluding carboxylic acids is 1. The van der Waals surface area contributed by atoms with Gasteiger partial charge in [0.2, 0.25) is 0 Å². The Hall–Kier alpha value is -2.98. The molecule has 1 aromatic heterocycles. The maximum absolute atomic E-state index is 13.3. The topological polar surface area (TPSA) is 84.7 Å². The molecule has 35 heavy (non-hydrogen) atoms. The molecule has 10 heteroatoms. The van der Waals surface area contributed by atoms with E-state index >= 15 is 0 Å². The molecule has 0 N–H and O–H groups in total. The summed E-state index contributed by atoms with van der Waals surface area (Å²) in [6.45, 7) is 3.11. The predicted octanol–water partition coefficient (Wildman–Crippen LogP) is 3.89. The number of thioether (sulfide) groups is 1. The van der Waals surface area contributed by atoms with Crippen molar-refractivity contribution in [3.63, 3.8) is 0 Å². The fraction of sp³-hybridized carbons (Fsp3) is 0.360. The van der Waals surface area contributed by atoms with Crippen LogP contribution in [0.1, 0.15) is 29.8 Å². The van der Waals surface area contributed by atoms with Gasteiger partial charge in [-0.25, -0.2) is 8.42 Å². The van der Waals surface area contributed by atoms with Crippen molar-refractivity contribution < 1.29 is 17.9 Å². The van der Waals surface area contributed by atoms with E-state index in [0.717, 1.165) is 30.8 Å². The van der Waals surface area contributed by atoms with Gasteiger partial charge in [-0.15, -0.1) is 11.8 Å². The molecule has 0 saturated carbocycles. The van der Waals surface area contributed by atoms with Gasteiger partial charge in [0, 0.05) is 55.5 Å². The van der Waals surface area contributed by atoms with E-state index in [0.29, 0.717) is 49.0 Å². The van der Waals surface area contributed by atoms with Gasteiger partial charge in [0.1, 0.15) is 11.4 Å². The first kappa shape index (κ1) is 23.7. The van der Waals surface area contributed by atoms with Gasteiger partial charge in [0.25, 0.3) is 15.9 Å². The lowest BCUT2D eigenvalue weighted by Crippen LogP contribution is -2.35. The first-order chi connectivity index (χ1) is 17.0. The number of hydrogen-bond acceptors (Lipinski definition) is 6. The van der Waals surface area contributed by atoms with Gasteiger partial charge in [-0.05, 0) is 43.2 Å². The minimum atomic E-state index is -3.64. The van der Waals surface area contributed by atoms with E-state index in [2.05, 4.69) is 5.10 Å². The van der Waals surface area contributed by atoms with Crippen LogP contribution in [-0.2, 0) is 16.6 Å². The van der Waals surface area contributed by atoms with Gasteiger partial charge in [0.05, 0.1) is 17.2 Å². The van der Waals surface area contributed by atoms with Gasteiger partial charge in [0.15, 0.2) is 0 Å². The average Bonchev–Trinajstić information content (AvgIpc) is 3.59. The van der Waals surface area contributed by atoms with Crippen LogP contribution in [0.2, 0.25) is 0 Å². The lowest BCUT2D eigenvalue weighted by Gasteiger charge is -2.30. The fourth-order valence-electron chi connectivity index (χ4n) is 4.33. The standard InChI is InChI=1S/C25H28N4O4S2/c30-25(27-12-4-5-13-27)22-11-15-28(26-22)14-6-17-33-20-9-10-24-23(19-20)29(16-18-34-24)35(31,32)21-7-2-1-3-8-21/h1-3,7-11,15,19H,4-6,12-14,16-18H2. The summed E-state index contributed by atoms with van der Waals surface area (Å²) in [6.07, 6.45) is 4.64. The number of amides is 1. The highest BCUT2D eigenvalue weighted by atomic mass is 32.2. The summed E-state index contributed by atoms with van der Waals surface area (Å²) in [5.41, 5.74) is 1.14. The van der Waals surface area contributed by atoms with Crippen LogP contribution in [0.25, 0.3) is 0 Å². The van der Waals surface area contributed by atoms with Gasteiger partial charge >= 0.3 is 0 Å². The zero-order valence-corrected chi connectivity index (χ0v) is 21.0. The molecule has 0 radical (unpaired) electrons. The molecular weight excluding hydrogens is 484 g/mol. The van der Waals surface area contributed by atoms with Crippen LogP contribution < -0.4 is 9.04 Å². The Morgan fingerprint density at radius 1 is 1.03 bits per heavy atom. The number of ether oxygens (including phenoxy) is 1. The molecule has 184 valence electrons. The second-order valence-electron chi connectivity index (χ2n) is 8.53. The Bertz CT molecular complexity index is 1290. The molecule has 0 aliphatic carbocycles. The van der Waals surface area contributed by atoms with Crippen LogP contribution in [0.4, 0.5) is 5.69 Å². The number of rotatable bonds is 8. The van der Waals surface area contributed by atoms with E-state index in [1.165, 1.54) is 4.31 Å². The molecule has 2 aromatic carbocycles. The molecule has 0 spiro atoms. The van der Waals surface area contributed by atoms with Crippen LogP contribution in [-0.4, -0.2) is 61.0 Å². The quantitative estimate of drug-likeness (QED) is 0.426. The zero-order chi connectivity index (χ0) is 24.3. The maximum Gasteiger partial charge on any atom is 0.274 e. The minimum Gasteiger partial charge on any atom is -0.493 e. The highest BCUT2D eigenvalue weighted by molar-refractivity contribution is 8.00. The van der Waals surface area contributed by atoms with Gasteiger partial charge in [-0.3, -0.25) is 13.8 Å². The van der Waals surface area contributed by atoms with E-state index in [1.54, 1.807) is 52.8 Å². The van der Waals surface area contributed by atoms with E-state index in [4.69, 9.17) is 4.74 Å². The highest BCUT2D eigenvalue weighted by Crippen LogP contribution is 2.40. The lowest BCUT2D eigenvalue weighted by atomic mass is 10.3. The van der Waals surface area contributed by atoms with Crippen LogP contribution in [0.15, 0.2) is 70.6 Å². The third-order valence-corrected chi connectivity index (χ3v) is 9.01. The number of sulfonamides is 1. The number of aromatic nitrogens is 2. The van der Waals surface area contributed by atoms with Crippen molar-refractivity contribution >= 4 is 33.4 Å². The predicted molar refractivity (Wildman–Crippen MR) is 136 cm³/mol. The summed E-state index contributed by atoms with van der Waals surface area (Å²) < 4.78 is 35.7. The second-order valence-corrected chi connectivity index (χ2v) is 11.5. The van der Waals surface area contributed by atoms with Crippen molar-refractivity contribution in [2.45, 2.75) is 35.6 Å². The smallest absolute Gasteiger partial charge is 0.274 e. The number of likely N-dealkylation sites (tertiary alicyclic amines) is 1. The molecule has 3 aromatic rings. The summed E-state index contributed by atoms with van der Waals surface area (Å²) in [7, 11) is -3.64. The first-order valence-corrected chi connectivity index (χ1v) is 14.3. The largest absolute Gasteiger partial charge is 0.493 e. The van der Waals surface area contributed by atoms with Gasteiger partial charge in [-0.2, -0.15) is 5.10 Å². The molecule has 1 saturated heterocycles. The third kappa shape index (κ3) is 5.18. The first-order valence-electron chi connectivity index (χ1n) is 11.8. The molecule has 0 unspecified atom stereocenters. The monoisotopic (exact) mass is 512 g/mol. The molecule has 8 nitrogen and oxygen atoms in total. The Labute approximate surface area is 209 Å². The summed E-state index contributed by atoms with van der Waals surface area (Å²) >= 11 is 1.65. The molecular formula is C25H28N4O4S2. The average molecular weight is 513 g/mol. The van der Waals surface area contributed by atoms with Gasteiger partial charge < -0.3 is 9.64 Å². The SMILES string of the molecule is O=C(c1ccn(CCCOc2ccc3c(c2)N(S(=O)(=O)c2ccccc2)CCS3)n1)N1CCCC1. The molecule has 1 amide bonds. The van der Waals surface area contributed by atoms with Crippen molar-refractivity contribution in [3.05, 3.63) is 66.5 Å². The maximum atomic E-state index is 13.3. The molecule has 0 atom stereocenters. The van der Waals surface area contributed by atoms with Crippen molar-refractivity contribution in [2.24, 2.45) is 0 Å². The number of carbonyl (C=O) groups is 1. The summed E-state index contributed by atoms with van der Waals surface area (Å²) in [4.78, 5) is 15.5. The van der Waals surface area contributed by atoms with E-state index in [9.17, 15) is 13.2 Å². The third-order valence-electron chi connectivity index (χ3n) is 6.14. The van der Waals surface area contributed by atoms with E-state index < -0.39 is 10.0 Å². The molecule has 1 fully saturated rings. The highest BCUT2D eigenvalue weighted by Gasteiger charge is 2.29.